The summed E-state index contributed by atoms with van der Waals surface area (Å²) in [4.78, 5) is 16.7. The molecule has 0 spiro atoms. The second kappa shape index (κ2) is 9.26. The number of hydrogen-bond acceptors (Lipinski definition) is 6. The molecule has 8 nitrogen and oxygen atoms in total. The zero-order valence-corrected chi connectivity index (χ0v) is 18.9. The standard InChI is InChI=1S/C24H23F3N6O2/c1-23(2,28)14-29-21(34)16-6-10-17(11-7-16)30-22-31-20-5-3-4-19(33(20)32-22)15-8-12-18(13-9-15)35-24(25,26)27/h3-13H,14,28H2,1-2H3,(H,29,34)(H,30,32). The normalized spacial score (nSPS) is 11.9. The van der Waals surface area contributed by atoms with Gasteiger partial charge in [0.1, 0.15) is 5.75 Å². The third-order valence-corrected chi connectivity index (χ3v) is 4.85. The molecule has 0 aliphatic heterocycles. The van der Waals surface area contributed by atoms with Crippen molar-refractivity contribution in [1.82, 2.24) is 19.9 Å². The molecule has 4 rings (SSSR count). The Morgan fingerprint density at radius 3 is 2.34 bits per heavy atom. The number of hydrogen-bond donors (Lipinski definition) is 3. The molecular weight excluding hydrogens is 461 g/mol. The zero-order chi connectivity index (χ0) is 25.2. The number of amides is 1. The molecule has 11 heteroatoms. The number of aromatic nitrogens is 3. The van der Waals surface area contributed by atoms with Gasteiger partial charge in [-0.25, -0.2) is 4.52 Å². The first-order valence-corrected chi connectivity index (χ1v) is 10.6. The SMILES string of the molecule is CC(C)(N)CNC(=O)c1ccc(Nc2nc3cccc(-c4ccc(OC(F)(F)F)cc4)n3n2)cc1. The number of carbonyl (C=O) groups excluding carboxylic acids is 1. The molecule has 182 valence electrons. The lowest BCUT2D eigenvalue weighted by Crippen LogP contribution is -2.45. The van der Waals surface area contributed by atoms with Crippen LogP contribution in [0, 0.1) is 0 Å². The largest absolute Gasteiger partial charge is 0.573 e. The highest BCUT2D eigenvalue weighted by atomic mass is 19.4. The number of nitrogens with zero attached hydrogens (tertiary/aromatic N) is 3. The van der Waals surface area contributed by atoms with Crippen LogP contribution in [0.1, 0.15) is 24.2 Å². The minimum absolute atomic E-state index is 0.225. The highest BCUT2D eigenvalue weighted by Gasteiger charge is 2.31. The highest BCUT2D eigenvalue weighted by Crippen LogP contribution is 2.27. The van der Waals surface area contributed by atoms with Crippen LogP contribution in [0.2, 0.25) is 0 Å². The van der Waals surface area contributed by atoms with Crippen LogP contribution in [0.5, 0.6) is 5.75 Å². The topological polar surface area (TPSA) is 107 Å². The van der Waals surface area contributed by atoms with Crippen molar-refractivity contribution in [2.75, 3.05) is 11.9 Å². The molecule has 4 N–H and O–H groups in total. The van der Waals surface area contributed by atoms with Crippen molar-refractivity contribution in [3.63, 3.8) is 0 Å². The number of nitrogens with one attached hydrogen (secondary N) is 2. The molecule has 1 amide bonds. The molecule has 2 aromatic heterocycles. The number of fused-ring (bicyclic) bond motifs is 1. The molecule has 0 atom stereocenters. The van der Waals surface area contributed by atoms with E-state index >= 15 is 0 Å². The summed E-state index contributed by atoms with van der Waals surface area (Å²) in [5.74, 6) is -0.216. The number of alkyl halides is 3. The van der Waals surface area contributed by atoms with Gasteiger partial charge < -0.3 is 21.1 Å². The summed E-state index contributed by atoms with van der Waals surface area (Å²) >= 11 is 0. The van der Waals surface area contributed by atoms with Crippen LogP contribution in [0.4, 0.5) is 24.8 Å². The second-order valence-corrected chi connectivity index (χ2v) is 8.56. The average molecular weight is 484 g/mol. The second-order valence-electron chi connectivity index (χ2n) is 8.56. The molecule has 35 heavy (non-hydrogen) atoms. The van der Waals surface area contributed by atoms with Crippen LogP contribution < -0.4 is 21.1 Å². The number of ether oxygens (including phenoxy) is 1. The summed E-state index contributed by atoms with van der Waals surface area (Å²) in [6.45, 7) is 3.99. The van der Waals surface area contributed by atoms with Gasteiger partial charge in [-0.3, -0.25) is 4.79 Å². The lowest BCUT2D eigenvalue weighted by Gasteiger charge is -2.18. The summed E-state index contributed by atoms with van der Waals surface area (Å²) in [5, 5.41) is 10.3. The minimum atomic E-state index is -4.75. The molecule has 2 heterocycles. The van der Waals surface area contributed by atoms with Gasteiger partial charge in [0.05, 0.1) is 5.69 Å². The lowest BCUT2D eigenvalue weighted by molar-refractivity contribution is -0.274. The van der Waals surface area contributed by atoms with Gasteiger partial charge in [0.25, 0.3) is 5.91 Å². The zero-order valence-electron chi connectivity index (χ0n) is 18.9. The molecule has 2 aromatic carbocycles. The van der Waals surface area contributed by atoms with E-state index in [4.69, 9.17) is 5.73 Å². The van der Waals surface area contributed by atoms with E-state index in [1.54, 1.807) is 47.0 Å². The maximum Gasteiger partial charge on any atom is 0.573 e. The number of nitrogens with two attached hydrogens (primary N) is 1. The van der Waals surface area contributed by atoms with E-state index < -0.39 is 11.9 Å². The smallest absolute Gasteiger partial charge is 0.406 e. The summed E-state index contributed by atoms with van der Waals surface area (Å²) in [7, 11) is 0. The Hall–Kier alpha value is -4.12. The van der Waals surface area contributed by atoms with Crippen LogP contribution in [0.3, 0.4) is 0 Å². The third kappa shape index (κ3) is 6.27. The Labute approximate surface area is 198 Å². The van der Waals surface area contributed by atoms with Crippen LogP contribution in [-0.2, 0) is 0 Å². The number of halogens is 3. The van der Waals surface area contributed by atoms with Gasteiger partial charge >= 0.3 is 6.36 Å². The third-order valence-electron chi connectivity index (χ3n) is 4.85. The summed E-state index contributed by atoms with van der Waals surface area (Å²) in [6.07, 6.45) is -4.75. The number of rotatable bonds is 7. The van der Waals surface area contributed by atoms with Gasteiger partial charge in [-0.15, -0.1) is 18.3 Å². The summed E-state index contributed by atoms with van der Waals surface area (Å²) in [6, 6.07) is 17.6. The molecule has 0 bridgehead atoms. The Balaban J connectivity index is 1.50. The van der Waals surface area contributed by atoms with Gasteiger partial charge in [-0.2, -0.15) is 4.98 Å². The molecule has 0 saturated heterocycles. The molecule has 0 saturated carbocycles. The maximum absolute atomic E-state index is 12.4. The van der Waals surface area contributed by atoms with Crippen LogP contribution in [0.15, 0.2) is 66.7 Å². The van der Waals surface area contributed by atoms with Crippen molar-refractivity contribution in [3.8, 4) is 17.0 Å². The molecule has 0 fully saturated rings. The van der Waals surface area contributed by atoms with Crippen molar-refractivity contribution >= 4 is 23.2 Å². The van der Waals surface area contributed by atoms with Crippen LogP contribution in [-0.4, -0.2) is 39.0 Å². The predicted octanol–water partition coefficient (Wildman–Crippen LogP) is 4.51. The Kier molecular flexibility index (Phi) is 6.35. The first-order chi connectivity index (χ1) is 16.5. The predicted molar refractivity (Wildman–Crippen MR) is 125 cm³/mol. The molecule has 0 radical (unpaired) electrons. The quantitative estimate of drug-likeness (QED) is 0.357. The van der Waals surface area contributed by atoms with Crippen molar-refractivity contribution in [1.29, 1.82) is 0 Å². The van der Waals surface area contributed by atoms with E-state index in [1.807, 2.05) is 13.8 Å². The minimum Gasteiger partial charge on any atom is -0.406 e. The monoisotopic (exact) mass is 484 g/mol. The summed E-state index contributed by atoms with van der Waals surface area (Å²) < 4.78 is 42.8. The van der Waals surface area contributed by atoms with Crippen LogP contribution >= 0.6 is 0 Å². The molecule has 0 aliphatic rings. The Bertz CT molecular complexity index is 1330. The number of carbonyl (C=O) groups is 1. The number of pyridine rings is 1. The average Bonchev–Trinajstić information content (AvgIpc) is 3.19. The summed E-state index contributed by atoms with van der Waals surface area (Å²) in [5.41, 5.74) is 8.36. The lowest BCUT2D eigenvalue weighted by atomic mass is 10.1. The van der Waals surface area contributed by atoms with Crippen molar-refractivity contribution in [3.05, 3.63) is 72.3 Å². The molecule has 0 aliphatic carbocycles. The molecule has 0 unspecified atom stereocenters. The van der Waals surface area contributed by atoms with Gasteiger partial charge in [-0.1, -0.05) is 6.07 Å². The van der Waals surface area contributed by atoms with E-state index in [0.717, 1.165) is 0 Å². The van der Waals surface area contributed by atoms with Gasteiger partial charge in [0, 0.05) is 28.9 Å². The fraction of sp³-hybridized carbons (Fsp3) is 0.208. The van der Waals surface area contributed by atoms with Gasteiger partial charge in [-0.05, 0) is 74.5 Å². The van der Waals surface area contributed by atoms with E-state index in [0.29, 0.717) is 40.6 Å². The molecule has 4 aromatic rings. The fourth-order valence-electron chi connectivity index (χ4n) is 3.25. The first-order valence-electron chi connectivity index (χ1n) is 10.6. The number of benzene rings is 2. The van der Waals surface area contributed by atoms with Gasteiger partial charge in [0.15, 0.2) is 5.65 Å². The Morgan fingerprint density at radius 1 is 1.03 bits per heavy atom. The van der Waals surface area contributed by atoms with E-state index in [-0.39, 0.29) is 11.7 Å². The van der Waals surface area contributed by atoms with Crippen molar-refractivity contribution in [2.45, 2.75) is 25.7 Å². The fourth-order valence-corrected chi connectivity index (χ4v) is 3.25. The van der Waals surface area contributed by atoms with Crippen molar-refractivity contribution in [2.24, 2.45) is 5.73 Å². The highest BCUT2D eigenvalue weighted by molar-refractivity contribution is 5.94. The van der Waals surface area contributed by atoms with Crippen LogP contribution in [0.25, 0.3) is 16.9 Å². The molecular formula is C24H23F3N6O2. The van der Waals surface area contributed by atoms with E-state index in [1.165, 1.54) is 24.3 Å². The van der Waals surface area contributed by atoms with Crippen molar-refractivity contribution < 1.29 is 22.7 Å². The maximum atomic E-state index is 12.4. The Morgan fingerprint density at radius 2 is 1.71 bits per heavy atom. The first kappa shape index (κ1) is 24.0. The number of anilines is 2. The van der Waals surface area contributed by atoms with E-state index in [2.05, 4.69) is 25.5 Å². The van der Waals surface area contributed by atoms with Gasteiger partial charge in [0.2, 0.25) is 5.95 Å². The van der Waals surface area contributed by atoms with E-state index in [9.17, 15) is 18.0 Å².